The Balaban J connectivity index is 1.37. The molecule has 0 unspecified atom stereocenters. The number of halogens is 1. The zero-order chi connectivity index (χ0) is 34.5. The van der Waals surface area contributed by atoms with Gasteiger partial charge in [-0.05, 0) is 88.3 Å². The Labute approximate surface area is 287 Å². The Morgan fingerprint density at radius 1 is 1.06 bits per heavy atom. The van der Waals surface area contributed by atoms with Crippen molar-refractivity contribution in [1.82, 2.24) is 15.5 Å². The summed E-state index contributed by atoms with van der Waals surface area (Å²) in [5, 5.41) is 6.93. The molecule has 1 aliphatic carbocycles. The molecule has 1 atom stereocenters. The molecule has 1 saturated heterocycles. The summed E-state index contributed by atoms with van der Waals surface area (Å²) in [6.45, 7) is 10.7. The van der Waals surface area contributed by atoms with Gasteiger partial charge in [0.15, 0.2) is 11.2 Å². The maximum Gasteiger partial charge on any atom is 0.287 e. The topological polar surface area (TPSA) is 118 Å². The Hall–Kier alpha value is -4.11. The highest BCUT2D eigenvalue weighted by molar-refractivity contribution is 6.30. The lowest BCUT2D eigenvalue weighted by molar-refractivity contribution is -0.147. The molecule has 0 spiro atoms. The van der Waals surface area contributed by atoms with Crippen LogP contribution in [0.2, 0.25) is 5.02 Å². The van der Waals surface area contributed by atoms with Gasteiger partial charge in [-0.3, -0.25) is 19.2 Å². The molecular formula is C38H46ClN3O6. The number of nitrogens with one attached hydrogen (secondary N) is 2. The van der Waals surface area contributed by atoms with E-state index in [1.165, 1.54) is 6.42 Å². The van der Waals surface area contributed by atoms with Crippen LogP contribution >= 0.6 is 11.6 Å². The van der Waals surface area contributed by atoms with E-state index in [2.05, 4.69) is 17.2 Å². The predicted octanol–water partition coefficient (Wildman–Crippen LogP) is 6.46. The van der Waals surface area contributed by atoms with Crippen molar-refractivity contribution in [2.24, 2.45) is 11.3 Å². The number of amides is 3. The van der Waals surface area contributed by atoms with Crippen LogP contribution in [0.1, 0.15) is 81.8 Å². The minimum atomic E-state index is -0.945. The number of ether oxygens (including phenoxy) is 1. The Bertz CT molecular complexity index is 1700. The molecule has 2 fully saturated rings. The number of carbonyl (C=O) groups is 3. The third-order valence-electron chi connectivity index (χ3n) is 9.54. The average molecular weight is 676 g/mol. The van der Waals surface area contributed by atoms with Gasteiger partial charge < -0.3 is 24.7 Å². The normalized spacial score (nSPS) is 17.4. The van der Waals surface area contributed by atoms with Crippen LogP contribution in [0.3, 0.4) is 0 Å². The van der Waals surface area contributed by atoms with Crippen molar-refractivity contribution in [3.05, 3.63) is 87.8 Å². The number of likely N-dealkylation sites (tertiary alicyclic amines) is 1. The van der Waals surface area contributed by atoms with E-state index >= 15 is 0 Å². The summed E-state index contributed by atoms with van der Waals surface area (Å²) in [5.74, 6) is -0.299. The third-order valence-corrected chi connectivity index (χ3v) is 9.79. The van der Waals surface area contributed by atoms with E-state index in [1.807, 2.05) is 32.9 Å². The summed E-state index contributed by atoms with van der Waals surface area (Å²) in [4.78, 5) is 56.4. The first-order chi connectivity index (χ1) is 22.9. The Morgan fingerprint density at radius 2 is 1.75 bits per heavy atom. The lowest BCUT2D eigenvalue weighted by Gasteiger charge is -2.48. The molecule has 48 heavy (non-hydrogen) atoms. The van der Waals surface area contributed by atoms with Gasteiger partial charge in [0.1, 0.15) is 24.0 Å². The maximum atomic E-state index is 14.2. The van der Waals surface area contributed by atoms with E-state index in [-0.39, 0.29) is 53.0 Å². The van der Waals surface area contributed by atoms with Crippen molar-refractivity contribution in [3.8, 4) is 5.75 Å². The Kier molecular flexibility index (Phi) is 11.0. The summed E-state index contributed by atoms with van der Waals surface area (Å²) >= 11 is 6.12. The fourth-order valence-corrected chi connectivity index (χ4v) is 7.19. The first kappa shape index (κ1) is 35.2. The van der Waals surface area contributed by atoms with Gasteiger partial charge in [0.25, 0.3) is 5.91 Å². The number of fused-ring (bicyclic) bond motifs is 1. The molecule has 0 radical (unpaired) electrons. The number of hydrogen-bond acceptors (Lipinski definition) is 6. The molecular weight excluding hydrogens is 630 g/mol. The van der Waals surface area contributed by atoms with E-state index in [0.717, 1.165) is 37.3 Å². The molecule has 2 N–H and O–H groups in total. The van der Waals surface area contributed by atoms with Crippen molar-refractivity contribution in [2.45, 2.75) is 83.7 Å². The quantitative estimate of drug-likeness (QED) is 0.238. The summed E-state index contributed by atoms with van der Waals surface area (Å²) < 4.78 is 11.4. The maximum absolute atomic E-state index is 14.2. The SMILES string of the molecule is C=CCOc1ccc2oc(C(=O)N[C@H](Cc3ccc(Cl)cc3)C(=O)N3CCC(C(=O)NC(C)(C)C)(C4CCCCC4)CC3)cc(=O)c2c1. The molecule has 2 heterocycles. The molecule has 0 bridgehead atoms. The second-order valence-corrected chi connectivity index (χ2v) is 14.5. The molecule has 1 aromatic heterocycles. The highest BCUT2D eigenvalue weighted by Gasteiger charge is 2.49. The predicted molar refractivity (Wildman–Crippen MR) is 187 cm³/mol. The van der Waals surface area contributed by atoms with Crippen LogP contribution < -0.4 is 20.8 Å². The molecule has 1 aliphatic heterocycles. The van der Waals surface area contributed by atoms with Gasteiger partial charge in [-0.1, -0.05) is 55.7 Å². The monoisotopic (exact) mass is 675 g/mol. The summed E-state index contributed by atoms with van der Waals surface area (Å²) in [5.41, 5.74) is -0.274. The van der Waals surface area contributed by atoms with E-state index < -0.39 is 22.8 Å². The first-order valence-electron chi connectivity index (χ1n) is 16.9. The van der Waals surface area contributed by atoms with Crippen LogP contribution in [0.25, 0.3) is 11.0 Å². The molecule has 256 valence electrons. The zero-order valence-electron chi connectivity index (χ0n) is 28.1. The van der Waals surface area contributed by atoms with Crippen LogP contribution in [-0.2, 0) is 16.0 Å². The van der Waals surface area contributed by atoms with Gasteiger partial charge in [0.2, 0.25) is 11.8 Å². The lowest BCUT2D eigenvalue weighted by atomic mass is 9.63. The standard InChI is InChI=1S/C38H46ClN3O6/c1-5-21-47-28-15-16-32-29(23-28)31(43)24-33(48-32)34(44)40-30(22-25-11-13-27(39)14-12-25)35(45)42-19-17-38(18-20-42,26-9-7-6-8-10-26)36(46)41-37(2,3)4/h5,11-16,23-24,26,30H,1,6-10,17-22H2,2-4H3,(H,40,44)(H,41,46)/t30-/m1/s1. The number of rotatable bonds is 10. The van der Waals surface area contributed by atoms with Gasteiger partial charge in [0, 0.05) is 36.1 Å². The van der Waals surface area contributed by atoms with Crippen molar-refractivity contribution >= 4 is 40.3 Å². The lowest BCUT2D eigenvalue weighted by Crippen LogP contribution is -2.59. The molecule has 3 amide bonds. The number of carbonyl (C=O) groups excluding carboxylic acids is 3. The molecule has 10 heteroatoms. The second kappa shape index (κ2) is 15.0. The fraction of sp³-hybridized carbons (Fsp3) is 0.474. The van der Waals surface area contributed by atoms with E-state index in [4.69, 9.17) is 20.8 Å². The largest absolute Gasteiger partial charge is 0.490 e. The molecule has 5 rings (SSSR count). The van der Waals surface area contributed by atoms with Crippen molar-refractivity contribution < 1.29 is 23.5 Å². The van der Waals surface area contributed by atoms with Gasteiger partial charge in [-0.15, -0.1) is 0 Å². The van der Waals surface area contributed by atoms with Gasteiger partial charge >= 0.3 is 0 Å². The Morgan fingerprint density at radius 3 is 2.40 bits per heavy atom. The third kappa shape index (κ3) is 8.29. The smallest absolute Gasteiger partial charge is 0.287 e. The van der Waals surface area contributed by atoms with Gasteiger partial charge in [-0.2, -0.15) is 0 Å². The average Bonchev–Trinajstić information content (AvgIpc) is 3.07. The number of nitrogens with zero attached hydrogens (tertiary/aromatic N) is 1. The summed E-state index contributed by atoms with van der Waals surface area (Å²) in [7, 11) is 0. The minimum absolute atomic E-state index is 0.0748. The summed E-state index contributed by atoms with van der Waals surface area (Å²) in [6, 6.07) is 12.1. The van der Waals surface area contributed by atoms with Crippen molar-refractivity contribution in [1.29, 1.82) is 0 Å². The first-order valence-corrected chi connectivity index (χ1v) is 17.2. The number of piperidine rings is 1. The van der Waals surface area contributed by atoms with Crippen LogP contribution in [0.5, 0.6) is 5.75 Å². The summed E-state index contributed by atoms with van der Waals surface area (Å²) in [6.07, 6.45) is 8.37. The highest BCUT2D eigenvalue weighted by atomic mass is 35.5. The molecule has 9 nitrogen and oxygen atoms in total. The van der Waals surface area contributed by atoms with Gasteiger partial charge in [-0.25, -0.2) is 0 Å². The van der Waals surface area contributed by atoms with Gasteiger partial charge in [0.05, 0.1) is 10.8 Å². The fourth-order valence-electron chi connectivity index (χ4n) is 7.07. The van der Waals surface area contributed by atoms with Crippen molar-refractivity contribution in [3.63, 3.8) is 0 Å². The molecule has 2 aromatic carbocycles. The van der Waals surface area contributed by atoms with Crippen molar-refractivity contribution in [2.75, 3.05) is 19.7 Å². The van der Waals surface area contributed by atoms with E-state index in [0.29, 0.717) is 36.7 Å². The van der Waals surface area contributed by atoms with Crippen LogP contribution in [0.4, 0.5) is 0 Å². The molecule has 2 aliphatic rings. The zero-order valence-corrected chi connectivity index (χ0v) is 28.9. The number of hydrogen-bond donors (Lipinski definition) is 2. The molecule has 3 aromatic rings. The van der Waals surface area contributed by atoms with Crippen LogP contribution in [-0.4, -0.2) is 53.9 Å². The highest BCUT2D eigenvalue weighted by Crippen LogP contribution is 2.46. The van der Waals surface area contributed by atoms with E-state index in [9.17, 15) is 19.2 Å². The number of benzene rings is 2. The van der Waals surface area contributed by atoms with E-state index in [1.54, 1.807) is 41.3 Å². The van der Waals surface area contributed by atoms with Crippen LogP contribution in [0, 0.1) is 11.3 Å². The second-order valence-electron chi connectivity index (χ2n) is 14.1. The molecule has 1 saturated carbocycles. The minimum Gasteiger partial charge on any atom is -0.490 e. The van der Waals surface area contributed by atoms with Crippen LogP contribution in [0.15, 0.2) is 70.4 Å².